The van der Waals surface area contributed by atoms with Gasteiger partial charge in [0.05, 0.1) is 12.0 Å². The van der Waals surface area contributed by atoms with Gasteiger partial charge < -0.3 is 14.5 Å². The van der Waals surface area contributed by atoms with Crippen LogP contribution in [0.15, 0.2) is 28.0 Å². The Morgan fingerprint density at radius 3 is 2.73 bits per heavy atom. The molecule has 1 aliphatic heterocycles. The second-order valence-corrected chi connectivity index (χ2v) is 3.44. The van der Waals surface area contributed by atoms with Crippen LogP contribution in [0.5, 0.6) is 0 Å². The van der Waals surface area contributed by atoms with Crippen molar-refractivity contribution in [1.29, 1.82) is 0 Å². The largest absolute Gasteiger partial charge is 0.459 e. The van der Waals surface area contributed by atoms with Crippen molar-refractivity contribution in [2.24, 2.45) is 5.16 Å². The maximum Gasteiger partial charge on any atom is 0.289 e. The first-order valence-corrected chi connectivity index (χ1v) is 4.84. The van der Waals surface area contributed by atoms with Gasteiger partial charge in [-0.25, -0.2) is 0 Å². The van der Waals surface area contributed by atoms with E-state index in [1.54, 1.807) is 17.0 Å². The summed E-state index contributed by atoms with van der Waals surface area (Å²) in [5.74, 6) is 0.261. The van der Waals surface area contributed by atoms with Gasteiger partial charge in [-0.05, 0) is 12.1 Å². The molecule has 0 bridgehead atoms. The van der Waals surface area contributed by atoms with E-state index in [4.69, 9.17) is 9.62 Å². The van der Waals surface area contributed by atoms with Crippen LogP contribution in [-0.2, 0) is 0 Å². The average molecular weight is 208 g/mol. The molecule has 1 saturated heterocycles. The van der Waals surface area contributed by atoms with E-state index in [2.05, 4.69) is 5.16 Å². The molecule has 1 N–H and O–H groups in total. The summed E-state index contributed by atoms with van der Waals surface area (Å²) in [7, 11) is 0. The van der Waals surface area contributed by atoms with Gasteiger partial charge in [0.15, 0.2) is 5.76 Å². The highest BCUT2D eigenvalue weighted by Gasteiger charge is 2.22. The summed E-state index contributed by atoms with van der Waals surface area (Å²) < 4.78 is 5.03. The van der Waals surface area contributed by atoms with Crippen molar-refractivity contribution in [1.82, 2.24) is 4.90 Å². The molecule has 0 aliphatic carbocycles. The number of hydrogen-bond donors (Lipinski definition) is 1. The average Bonchev–Trinajstić information content (AvgIpc) is 2.82. The maximum absolute atomic E-state index is 11.8. The lowest BCUT2D eigenvalue weighted by atomic mass is 10.1. The zero-order valence-electron chi connectivity index (χ0n) is 8.22. The summed E-state index contributed by atoms with van der Waals surface area (Å²) in [5.41, 5.74) is 0.749. The molecule has 2 rings (SSSR count). The van der Waals surface area contributed by atoms with Crippen molar-refractivity contribution in [2.75, 3.05) is 13.1 Å². The van der Waals surface area contributed by atoms with Crippen LogP contribution in [0.25, 0.3) is 0 Å². The van der Waals surface area contributed by atoms with Crippen LogP contribution in [0.2, 0.25) is 0 Å². The lowest BCUT2D eigenvalue weighted by Gasteiger charge is -2.26. The molecule has 1 aromatic heterocycles. The van der Waals surface area contributed by atoms with Gasteiger partial charge in [0, 0.05) is 25.9 Å². The summed E-state index contributed by atoms with van der Waals surface area (Å²) in [6.07, 6.45) is 2.74. The van der Waals surface area contributed by atoms with E-state index in [1.807, 2.05) is 0 Å². The second kappa shape index (κ2) is 4.16. The quantitative estimate of drug-likeness (QED) is 0.559. The normalized spacial score (nSPS) is 16.5. The fraction of sp³-hybridized carbons (Fsp3) is 0.400. The molecule has 0 radical (unpaired) electrons. The van der Waals surface area contributed by atoms with Crippen LogP contribution < -0.4 is 0 Å². The van der Waals surface area contributed by atoms with Crippen molar-refractivity contribution in [2.45, 2.75) is 12.8 Å². The van der Waals surface area contributed by atoms with E-state index in [0.29, 0.717) is 31.7 Å². The second-order valence-electron chi connectivity index (χ2n) is 3.44. The molecular formula is C10H12N2O3. The number of hydrogen-bond acceptors (Lipinski definition) is 4. The third kappa shape index (κ3) is 2.01. The fourth-order valence-corrected chi connectivity index (χ4v) is 1.62. The molecule has 15 heavy (non-hydrogen) atoms. The van der Waals surface area contributed by atoms with E-state index < -0.39 is 0 Å². The molecular weight excluding hydrogens is 196 g/mol. The Bertz CT molecular complexity index is 360. The molecule has 1 aliphatic rings. The Morgan fingerprint density at radius 2 is 2.20 bits per heavy atom. The van der Waals surface area contributed by atoms with Crippen LogP contribution in [0.4, 0.5) is 0 Å². The highest BCUT2D eigenvalue weighted by molar-refractivity contribution is 5.93. The first-order chi connectivity index (χ1) is 7.31. The van der Waals surface area contributed by atoms with Crippen LogP contribution in [0.1, 0.15) is 23.4 Å². The molecule has 80 valence electrons. The Morgan fingerprint density at radius 1 is 1.47 bits per heavy atom. The third-order valence-corrected chi connectivity index (χ3v) is 2.50. The SMILES string of the molecule is O=C(c1ccco1)N1CCC(=NO)CC1. The molecule has 1 fully saturated rings. The van der Waals surface area contributed by atoms with Gasteiger partial charge in [0.1, 0.15) is 0 Å². The number of piperidine rings is 1. The highest BCUT2D eigenvalue weighted by atomic mass is 16.4. The third-order valence-electron chi connectivity index (χ3n) is 2.50. The summed E-state index contributed by atoms with van der Waals surface area (Å²) >= 11 is 0. The first-order valence-electron chi connectivity index (χ1n) is 4.84. The molecule has 0 atom stereocenters. The summed E-state index contributed by atoms with van der Waals surface area (Å²) in [6.45, 7) is 1.16. The summed E-state index contributed by atoms with van der Waals surface area (Å²) in [4.78, 5) is 13.5. The molecule has 0 unspecified atom stereocenters. The van der Waals surface area contributed by atoms with Crippen LogP contribution in [0, 0.1) is 0 Å². The monoisotopic (exact) mass is 208 g/mol. The molecule has 1 amide bonds. The Balaban J connectivity index is 1.99. The van der Waals surface area contributed by atoms with Gasteiger partial charge in [-0.15, -0.1) is 0 Å². The van der Waals surface area contributed by atoms with E-state index in [-0.39, 0.29) is 5.91 Å². The topological polar surface area (TPSA) is 66.0 Å². The van der Waals surface area contributed by atoms with Gasteiger partial charge in [-0.3, -0.25) is 4.79 Å². The van der Waals surface area contributed by atoms with Crippen molar-refractivity contribution in [3.05, 3.63) is 24.2 Å². The zero-order valence-corrected chi connectivity index (χ0v) is 8.22. The molecule has 0 aromatic carbocycles. The predicted molar refractivity (Wildman–Crippen MR) is 53.1 cm³/mol. The maximum atomic E-state index is 11.8. The highest BCUT2D eigenvalue weighted by Crippen LogP contribution is 2.12. The number of nitrogens with zero attached hydrogens (tertiary/aromatic N) is 2. The zero-order chi connectivity index (χ0) is 10.7. The number of oxime groups is 1. The van der Waals surface area contributed by atoms with Crippen molar-refractivity contribution in [3.8, 4) is 0 Å². The first kappa shape index (κ1) is 9.76. The van der Waals surface area contributed by atoms with Gasteiger partial charge in [0.25, 0.3) is 5.91 Å². The number of rotatable bonds is 1. The molecule has 2 heterocycles. The number of carbonyl (C=O) groups excluding carboxylic acids is 1. The Labute approximate surface area is 87.0 Å². The number of likely N-dealkylation sites (tertiary alicyclic amines) is 1. The number of furan rings is 1. The Kier molecular flexibility index (Phi) is 2.71. The predicted octanol–water partition coefficient (Wildman–Crippen LogP) is 1.35. The van der Waals surface area contributed by atoms with Gasteiger partial charge in [-0.1, -0.05) is 5.16 Å². The molecule has 5 nitrogen and oxygen atoms in total. The van der Waals surface area contributed by atoms with Crippen LogP contribution in [0.3, 0.4) is 0 Å². The van der Waals surface area contributed by atoms with Crippen molar-refractivity contribution < 1.29 is 14.4 Å². The van der Waals surface area contributed by atoms with Crippen molar-refractivity contribution in [3.63, 3.8) is 0 Å². The van der Waals surface area contributed by atoms with Gasteiger partial charge in [0.2, 0.25) is 0 Å². The minimum absolute atomic E-state index is 0.100. The van der Waals surface area contributed by atoms with E-state index >= 15 is 0 Å². The lowest BCUT2D eigenvalue weighted by Crippen LogP contribution is -2.38. The van der Waals surface area contributed by atoms with Crippen molar-refractivity contribution >= 4 is 11.6 Å². The lowest BCUT2D eigenvalue weighted by molar-refractivity contribution is 0.0721. The standard InChI is InChI=1S/C10H12N2O3/c13-10(9-2-1-7-15-9)12-5-3-8(11-14)4-6-12/h1-2,7,14H,3-6H2. The number of carbonyl (C=O) groups is 1. The van der Waals surface area contributed by atoms with E-state index in [1.165, 1.54) is 6.26 Å². The van der Waals surface area contributed by atoms with Gasteiger partial charge >= 0.3 is 0 Å². The minimum Gasteiger partial charge on any atom is -0.459 e. The van der Waals surface area contributed by atoms with Crippen LogP contribution in [-0.4, -0.2) is 34.8 Å². The molecule has 0 spiro atoms. The van der Waals surface area contributed by atoms with Crippen LogP contribution >= 0.6 is 0 Å². The summed E-state index contributed by atoms with van der Waals surface area (Å²) in [6, 6.07) is 3.34. The van der Waals surface area contributed by atoms with E-state index in [0.717, 1.165) is 5.71 Å². The van der Waals surface area contributed by atoms with Gasteiger partial charge in [-0.2, -0.15) is 0 Å². The Hall–Kier alpha value is -1.78. The number of amides is 1. The minimum atomic E-state index is -0.100. The fourth-order valence-electron chi connectivity index (χ4n) is 1.62. The smallest absolute Gasteiger partial charge is 0.289 e. The molecule has 0 saturated carbocycles. The summed E-state index contributed by atoms with van der Waals surface area (Å²) in [5, 5.41) is 11.7. The van der Waals surface area contributed by atoms with E-state index in [9.17, 15) is 4.79 Å². The molecule has 5 heteroatoms. The molecule has 1 aromatic rings.